The Labute approximate surface area is 139 Å². The van der Waals surface area contributed by atoms with Crippen molar-refractivity contribution in [3.8, 4) is 11.5 Å². The molecule has 0 amide bonds. The number of allylic oxidation sites excluding steroid dienone is 1. The van der Waals surface area contributed by atoms with Crippen LogP contribution in [0.5, 0.6) is 11.5 Å². The topological polar surface area (TPSA) is 41.8 Å². The summed E-state index contributed by atoms with van der Waals surface area (Å²) >= 11 is 5.74. The molecule has 0 heterocycles. The van der Waals surface area contributed by atoms with Gasteiger partial charge in [0.15, 0.2) is 11.5 Å². The van der Waals surface area contributed by atoms with E-state index in [0.29, 0.717) is 30.0 Å². The van der Waals surface area contributed by atoms with Crippen molar-refractivity contribution >= 4 is 23.5 Å². The van der Waals surface area contributed by atoms with Gasteiger partial charge in [0.05, 0.1) is 17.3 Å². The van der Waals surface area contributed by atoms with Crippen LogP contribution in [0, 0.1) is 5.82 Å². The van der Waals surface area contributed by atoms with Crippen LogP contribution in [0.4, 0.5) is 10.1 Å². The molecule has 0 aliphatic rings. The number of aliphatic imine (C=N–C) groups is 1. The van der Waals surface area contributed by atoms with Gasteiger partial charge in [-0.25, -0.2) is 4.39 Å². The lowest BCUT2D eigenvalue weighted by atomic mass is 10.1. The summed E-state index contributed by atoms with van der Waals surface area (Å²) in [6, 6.07) is 7.74. The average Bonchev–Trinajstić information content (AvgIpc) is 2.53. The van der Waals surface area contributed by atoms with E-state index in [-0.39, 0.29) is 10.8 Å². The Morgan fingerprint density at radius 1 is 1.35 bits per heavy atom. The van der Waals surface area contributed by atoms with Crippen molar-refractivity contribution in [3.05, 3.63) is 65.0 Å². The second-order valence-corrected chi connectivity index (χ2v) is 5.22. The second kappa shape index (κ2) is 7.79. The van der Waals surface area contributed by atoms with Crippen LogP contribution in [-0.2, 0) is 6.42 Å². The van der Waals surface area contributed by atoms with E-state index in [1.54, 1.807) is 24.4 Å². The van der Waals surface area contributed by atoms with E-state index in [1.165, 1.54) is 18.2 Å². The molecule has 3 nitrogen and oxygen atoms in total. The number of phenols is 1. The summed E-state index contributed by atoms with van der Waals surface area (Å²) in [5.74, 6) is 0.0151. The number of hydrogen-bond acceptors (Lipinski definition) is 3. The highest BCUT2D eigenvalue weighted by molar-refractivity contribution is 6.31. The van der Waals surface area contributed by atoms with Crippen LogP contribution in [0.15, 0.2) is 48.0 Å². The summed E-state index contributed by atoms with van der Waals surface area (Å²) in [4.78, 5) is 4.27. The fraction of sp³-hybridized carbons (Fsp3) is 0.167. The Balaban J connectivity index is 2.35. The van der Waals surface area contributed by atoms with Gasteiger partial charge < -0.3 is 9.84 Å². The highest BCUT2D eigenvalue weighted by Gasteiger charge is 2.09. The Morgan fingerprint density at radius 3 is 2.78 bits per heavy atom. The van der Waals surface area contributed by atoms with E-state index in [0.717, 1.165) is 5.56 Å². The van der Waals surface area contributed by atoms with E-state index in [2.05, 4.69) is 11.6 Å². The molecule has 0 aliphatic carbocycles. The van der Waals surface area contributed by atoms with Crippen molar-refractivity contribution in [2.75, 3.05) is 6.61 Å². The fourth-order valence-electron chi connectivity index (χ4n) is 2.05. The molecule has 0 atom stereocenters. The molecule has 2 rings (SSSR count). The molecule has 23 heavy (non-hydrogen) atoms. The fourth-order valence-corrected chi connectivity index (χ4v) is 2.23. The summed E-state index contributed by atoms with van der Waals surface area (Å²) < 4.78 is 18.6. The zero-order chi connectivity index (χ0) is 16.8. The van der Waals surface area contributed by atoms with E-state index in [4.69, 9.17) is 16.3 Å². The van der Waals surface area contributed by atoms with Crippen LogP contribution in [0.25, 0.3) is 0 Å². The highest BCUT2D eigenvalue weighted by atomic mass is 35.5. The molecule has 0 saturated heterocycles. The molecule has 0 saturated carbocycles. The monoisotopic (exact) mass is 333 g/mol. The van der Waals surface area contributed by atoms with Crippen LogP contribution in [-0.4, -0.2) is 17.9 Å². The predicted octanol–water partition coefficient (Wildman–Crippen LogP) is 5.06. The van der Waals surface area contributed by atoms with Gasteiger partial charge in [-0.2, -0.15) is 0 Å². The minimum atomic E-state index is -0.484. The number of benzene rings is 2. The number of aromatic hydroxyl groups is 1. The van der Waals surface area contributed by atoms with Crippen molar-refractivity contribution in [1.82, 2.24) is 0 Å². The van der Waals surface area contributed by atoms with Gasteiger partial charge in [-0.1, -0.05) is 17.7 Å². The normalized spacial score (nSPS) is 10.9. The van der Waals surface area contributed by atoms with Gasteiger partial charge in [0.2, 0.25) is 0 Å². The number of nitrogens with zero attached hydrogens (tertiary/aromatic N) is 1. The van der Waals surface area contributed by atoms with Crippen LogP contribution >= 0.6 is 11.6 Å². The molecule has 5 heteroatoms. The van der Waals surface area contributed by atoms with Gasteiger partial charge in [0.1, 0.15) is 5.82 Å². The van der Waals surface area contributed by atoms with Crippen LogP contribution in [0.2, 0.25) is 5.02 Å². The molecule has 2 aromatic rings. The molecule has 2 aromatic carbocycles. The molecule has 0 aromatic heterocycles. The minimum absolute atomic E-state index is 0.0210. The molecule has 0 aliphatic heterocycles. The average molecular weight is 334 g/mol. The van der Waals surface area contributed by atoms with E-state index >= 15 is 0 Å². The van der Waals surface area contributed by atoms with Gasteiger partial charge in [-0.3, -0.25) is 4.99 Å². The van der Waals surface area contributed by atoms with E-state index in [9.17, 15) is 9.50 Å². The first-order valence-corrected chi connectivity index (χ1v) is 7.51. The van der Waals surface area contributed by atoms with Gasteiger partial charge >= 0.3 is 0 Å². The maximum atomic E-state index is 13.1. The van der Waals surface area contributed by atoms with Crippen molar-refractivity contribution in [3.63, 3.8) is 0 Å². The van der Waals surface area contributed by atoms with Crippen molar-refractivity contribution in [2.24, 2.45) is 4.99 Å². The molecule has 0 spiro atoms. The molecule has 0 unspecified atom stereocenters. The van der Waals surface area contributed by atoms with E-state index < -0.39 is 5.82 Å². The van der Waals surface area contributed by atoms with Crippen molar-refractivity contribution in [1.29, 1.82) is 0 Å². The predicted molar refractivity (Wildman–Crippen MR) is 91.8 cm³/mol. The second-order valence-electron chi connectivity index (χ2n) is 4.81. The molecule has 0 bridgehead atoms. The number of halogens is 2. The minimum Gasteiger partial charge on any atom is -0.504 e. The standard InChI is InChI=1S/C18H17ClFNO2/c1-3-5-13-8-12(9-17(18(13)22)23-4-2)11-21-14-6-7-16(20)15(19)10-14/h3,6-11,22H,1,4-5H2,2H3. The SMILES string of the molecule is C=CCc1cc(C=Nc2ccc(F)c(Cl)c2)cc(OCC)c1O. The quantitative estimate of drug-likeness (QED) is 0.593. The third-order valence-corrected chi connectivity index (χ3v) is 3.40. The first-order chi connectivity index (χ1) is 11.0. The highest BCUT2D eigenvalue weighted by Crippen LogP contribution is 2.32. The molecule has 1 N–H and O–H groups in total. The molecule has 0 fully saturated rings. The third-order valence-electron chi connectivity index (χ3n) is 3.11. The zero-order valence-corrected chi connectivity index (χ0v) is 13.5. The summed E-state index contributed by atoms with van der Waals surface area (Å²) in [6.45, 7) is 5.96. The largest absolute Gasteiger partial charge is 0.504 e. The lowest BCUT2D eigenvalue weighted by molar-refractivity contribution is 0.317. The first-order valence-electron chi connectivity index (χ1n) is 7.13. The Kier molecular flexibility index (Phi) is 5.77. The summed E-state index contributed by atoms with van der Waals surface area (Å²) in [7, 11) is 0. The summed E-state index contributed by atoms with van der Waals surface area (Å²) in [5, 5.41) is 10.2. The van der Waals surface area contributed by atoms with Gasteiger partial charge in [0.25, 0.3) is 0 Å². The first kappa shape index (κ1) is 17.0. The van der Waals surface area contributed by atoms with Gasteiger partial charge in [-0.15, -0.1) is 6.58 Å². The summed E-state index contributed by atoms with van der Waals surface area (Å²) in [5.41, 5.74) is 1.99. The Hall–Kier alpha value is -2.33. The van der Waals surface area contributed by atoms with Crippen molar-refractivity contribution < 1.29 is 14.2 Å². The zero-order valence-electron chi connectivity index (χ0n) is 12.7. The van der Waals surface area contributed by atoms with Gasteiger partial charge in [0, 0.05) is 11.8 Å². The summed E-state index contributed by atoms with van der Waals surface area (Å²) in [6.07, 6.45) is 3.82. The molecular weight excluding hydrogens is 317 g/mol. The maximum absolute atomic E-state index is 13.1. The van der Waals surface area contributed by atoms with Crippen LogP contribution < -0.4 is 4.74 Å². The Bertz CT molecular complexity index is 744. The number of ether oxygens (including phenoxy) is 1. The molecule has 120 valence electrons. The number of rotatable bonds is 6. The lowest BCUT2D eigenvalue weighted by Crippen LogP contribution is -1.96. The van der Waals surface area contributed by atoms with Crippen LogP contribution in [0.1, 0.15) is 18.1 Å². The van der Waals surface area contributed by atoms with Crippen LogP contribution in [0.3, 0.4) is 0 Å². The number of phenolic OH excluding ortho intramolecular Hbond substituents is 1. The molecular formula is C18H17ClFNO2. The Morgan fingerprint density at radius 2 is 2.13 bits per heavy atom. The molecule has 0 radical (unpaired) electrons. The van der Waals surface area contributed by atoms with E-state index in [1.807, 2.05) is 6.92 Å². The third kappa shape index (κ3) is 4.33. The lowest BCUT2D eigenvalue weighted by Gasteiger charge is -2.10. The van der Waals surface area contributed by atoms with Crippen molar-refractivity contribution in [2.45, 2.75) is 13.3 Å². The number of hydrogen-bond donors (Lipinski definition) is 1. The smallest absolute Gasteiger partial charge is 0.161 e. The maximum Gasteiger partial charge on any atom is 0.161 e. The van der Waals surface area contributed by atoms with Gasteiger partial charge in [-0.05, 0) is 49.2 Å².